The van der Waals surface area contributed by atoms with Gasteiger partial charge in [-0.2, -0.15) is 0 Å². The van der Waals surface area contributed by atoms with Crippen molar-refractivity contribution in [1.82, 2.24) is 9.78 Å². The number of unbranched alkanes of at least 4 members (excludes halogenated alkanes) is 1. The Kier molecular flexibility index (Phi) is 4.14. The zero-order valence-electron chi connectivity index (χ0n) is 13.0. The lowest BCUT2D eigenvalue weighted by atomic mass is 9.88. The van der Waals surface area contributed by atoms with Crippen LogP contribution < -0.4 is 5.56 Å². The molecule has 0 aromatic carbocycles. The van der Waals surface area contributed by atoms with Crippen molar-refractivity contribution >= 4 is 0 Å². The SMILES string of the molecule is CCCCc1c(C(C)(C)C)[nH]n(C(C)(C)C)c1=O. The fourth-order valence-corrected chi connectivity index (χ4v) is 2.15. The van der Waals surface area contributed by atoms with E-state index in [0.29, 0.717) is 0 Å². The van der Waals surface area contributed by atoms with Crippen LogP contribution in [0.5, 0.6) is 0 Å². The second-order valence-corrected chi connectivity index (χ2v) is 7.13. The average Bonchev–Trinajstić information content (AvgIpc) is 2.51. The van der Waals surface area contributed by atoms with Gasteiger partial charge >= 0.3 is 0 Å². The van der Waals surface area contributed by atoms with Crippen LogP contribution in [0, 0.1) is 0 Å². The van der Waals surface area contributed by atoms with Crippen molar-refractivity contribution in [3.8, 4) is 0 Å². The fourth-order valence-electron chi connectivity index (χ4n) is 2.15. The minimum atomic E-state index is -0.193. The topological polar surface area (TPSA) is 37.8 Å². The van der Waals surface area contributed by atoms with Crippen molar-refractivity contribution < 1.29 is 0 Å². The van der Waals surface area contributed by atoms with E-state index in [2.05, 4.69) is 53.6 Å². The van der Waals surface area contributed by atoms with Gasteiger partial charge < -0.3 is 0 Å². The molecule has 3 heteroatoms. The molecule has 1 N–H and O–H groups in total. The predicted octanol–water partition coefficient (Wildman–Crippen LogP) is 3.57. The Morgan fingerprint density at radius 1 is 1.11 bits per heavy atom. The first-order valence-corrected chi connectivity index (χ1v) is 6.94. The normalized spacial score (nSPS) is 13.1. The molecule has 0 aliphatic carbocycles. The first kappa shape index (κ1) is 15.1. The largest absolute Gasteiger partial charge is 0.298 e. The molecule has 3 nitrogen and oxygen atoms in total. The maximum absolute atomic E-state index is 12.5. The lowest BCUT2D eigenvalue weighted by molar-refractivity contribution is 0.339. The lowest BCUT2D eigenvalue weighted by Crippen LogP contribution is -2.33. The maximum Gasteiger partial charge on any atom is 0.270 e. The summed E-state index contributed by atoms with van der Waals surface area (Å²) in [6.07, 6.45) is 3.06. The number of hydrogen-bond donors (Lipinski definition) is 1. The summed E-state index contributed by atoms with van der Waals surface area (Å²) in [5.41, 5.74) is 2.01. The number of nitrogens with one attached hydrogen (secondary N) is 1. The van der Waals surface area contributed by atoms with Gasteiger partial charge in [0.2, 0.25) is 0 Å². The van der Waals surface area contributed by atoms with E-state index >= 15 is 0 Å². The Morgan fingerprint density at radius 2 is 1.67 bits per heavy atom. The van der Waals surface area contributed by atoms with Gasteiger partial charge in [0.05, 0.1) is 5.54 Å². The monoisotopic (exact) mass is 252 g/mol. The number of aromatic amines is 1. The van der Waals surface area contributed by atoms with Crippen LogP contribution in [0.2, 0.25) is 0 Å². The van der Waals surface area contributed by atoms with E-state index in [4.69, 9.17) is 0 Å². The average molecular weight is 252 g/mol. The predicted molar refractivity (Wildman–Crippen MR) is 77.4 cm³/mol. The van der Waals surface area contributed by atoms with Gasteiger partial charge in [0.25, 0.3) is 5.56 Å². The van der Waals surface area contributed by atoms with E-state index in [1.165, 1.54) is 0 Å². The van der Waals surface area contributed by atoms with E-state index in [-0.39, 0.29) is 16.5 Å². The van der Waals surface area contributed by atoms with Crippen LogP contribution in [-0.2, 0) is 17.4 Å². The van der Waals surface area contributed by atoms with Crippen molar-refractivity contribution in [3.05, 3.63) is 21.6 Å². The summed E-state index contributed by atoms with van der Waals surface area (Å²) >= 11 is 0. The molecule has 0 fully saturated rings. The van der Waals surface area contributed by atoms with Crippen LogP contribution in [0.3, 0.4) is 0 Å². The molecule has 0 bridgehead atoms. The molecule has 1 rings (SSSR count). The van der Waals surface area contributed by atoms with Gasteiger partial charge in [-0.1, -0.05) is 34.1 Å². The zero-order chi connectivity index (χ0) is 14.1. The summed E-state index contributed by atoms with van der Waals surface area (Å²) in [5.74, 6) is 0. The highest BCUT2D eigenvalue weighted by molar-refractivity contribution is 5.25. The third-order valence-corrected chi connectivity index (χ3v) is 3.19. The van der Waals surface area contributed by atoms with E-state index in [1.807, 2.05) is 0 Å². The number of hydrogen-bond acceptors (Lipinski definition) is 1. The lowest BCUT2D eigenvalue weighted by Gasteiger charge is -2.21. The Morgan fingerprint density at radius 3 is 2.06 bits per heavy atom. The van der Waals surface area contributed by atoms with Crippen LogP contribution in [0.4, 0.5) is 0 Å². The van der Waals surface area contributed by atoms with Gasteiger partial charge in [-0.3, -0.25) is 9.89 Å². The second-order valence-electron chi connectivity index (χ2n) is 7.13. The fraction of sp³-hybridized carbons (Fsp3) is 0.800. The second kappa shape index (κ2) is 4.94. The molecule has 1 aromatic heterocycles. The molecule has 0 aliphatic heterocycles. The molecule has 104 valence electrons. The molecular formula is C15H28N2O. The number of nitrogens with zero attached hydrogens (tertiary/aromatic N) is 1. The third kappa shape index (κ3) is 3.06. The highest BCUT2D eigenvalue weighted by atomic mass is 16.1. The van der Waals surface area contributed by atoms with E-state index in [9.17, 15) is 4.79 Å². The van der Waals surface area contributed by atoms with Crippen molar-refractivity contribution in [2.75, 3.05) is 0 Å². The van der Waals surface area contributed by atoms with Crippen molar-refractivity contribution in [2.24, 2.45) is 0 Å². The van der Waals surface area contributed by atoms with E-state index < -0.39 is 0 Å². The van der Waals surface area contributed by atoms with Gasteiger partial charge in [0.15, 0.2) is 0 Å². The summed E-state index contributed by atoms with van der Waals surface area (Å²) in [6, 6.07) is 0. The van der Waals surface area contributed by atoms with Crippen LogP contribution in [0.1, 0.15) is 72.6 Å². The molecule has 0 spiro atoms. The number of H-pyrrole nitrogens is 1. The highest BCUT2D eigenvalue weighted by Gasteiger charge is 2.27. The van der Waals surface area contributed by atoms with Crippen molar-refractivity contribution in [1.29, 1.82) is 0 Å². The molecule has 0 amide bonds. The summed E-state index contributed by atoms with van der Waals surface area (Å²) in [4.78, 5) is 12.5. The molecule has 1 heterocycles. The molecule has 0 unspecified atom stereocenters. The summed E-state index contributed by atoms with van der Waals surface area (Å²) in [5, 5.41) is 3.34. The first-order valence-electron chi connectivity index (χ1n) is 6.94. The minimum Gasteiger partial charge on any atom is -0.298 e. The van der Waals surface area contributed by atoms with Gasteiger partial charge in [-0.05, 0) is 33.6 Å². The Labute approximate surface area is 111 Å². The van der Waals surface area contributed by atoms with Crippen LogP contribution in [-0.4, -0.2) is 9.78 Å². The van der Waals surface area contributed by atoms with E-state index in [0.717, 1.165) is 30.5 Å². The first-order chi connectivity index (χ1) is 8.09. The quantitative estimate of drug-likeness (QED) is 0.877. The van der Waals surface area contributed by atoms with Gasteiger partial charge in [0.1, 0.15) is 0 Å². The molecule has 0 saturated heterocycles. The Hall–Kier alpha value is -0.990. The molecule has 0 radical (unpaired) electrons. The zero-order valence-corrected chi connectivity index (χ0v) is 13.0. The summed E-state index contributed by atoms with van der Waals surface area (Å²) in [6.45, 7) is 14.8. The molecule has 0 saturated carbocycles. The van der Waals surface area contributed by atoms with Crippen molar-refractivity contribution in [3.63, 3.8) is 0 Å². The number of rotatable bonds is 3. The number of aromatic nitrogens is 2. The summed E-state index contributed by atoms with van der Waals surface area (Å²) in [7, 11) is 0. The Bertz CT molecular complexity index is 452. The maximum atomic E-state index is 12.5. The van der Waals surface area contributed by atoms with Crippen LogP contribution in [0.15, 0.2) is 4.79 Å². The van der Waals surface area contributed by atoms with Gasteiger partial charge in [0, 0.05) is 16.7 Å². The van der Waals surface area contributed by atoms with E-state index in [1.54, 1.807) is 4.68 Å². The molecule has 0 atom stereocenters. The minimum absolute atomic E-state index is 0.0151. The highest BCUT2D eigenvalue weighted by Crippen LogP contribution is 2.25. The molecular weight excluding hydrogens is 224 g/mol. The smallest absolute Gasteiger partial charge is 0.270 e. The molecule has 0 aliphatic rings. The van der Waals surface area contributed by atoms with Gasteiger partial charge in [-0.25, -0.2) is 4.68 Å². The third-order valence-electron chi connectivity index (χ3n) is 3.19. The van der Waals surface area contributed by atoms with Crippen molar-refractivity contribution in [2.45, 2.75) is 78.7 Å². The van der Waals surface area contributed by atoms with Gasteiger partial charge in [-0.15, -0.1) is 0 Å². The molecule has 18 heavy (non-hydrogen) atoms. The molecule has 1 aromatic rings. The van der Waals surface area contributed by atoms with Crippen LogP contribution in [0.25, 0.3) is 0 Å². The Balaban J connectivity index is 3.37. The summed E-state index contributed by atoms with van der Waals surface area (Å²) < 4.78 is 1.78. The standard InChI is InChI=1S/C15H28N2O/c1-8-9-10-11-12(14(2,3)4)16-17(13(11)18)15(5,6)7/h16H,8-10H2,1-7H3. The van der Waals surface area contributed by atoms with Crippen LogP contribution >= 0.6 is 0 Å².